The Morgan fingerprint density at radius 1 is 1.00 bits per heavy atom. The summed E-state index contributed by atoms with van der Waals surface area (Å²) in [5, 5.41) is 14.5. The predicted octanol–water partition coefficient (Wildman–Crippen LogP) is 5.09. The van der Waals surface area contributed by atoms with Gasteiger partial charge in [0, 0.05) is 22.7 Å². The normalized spacial score (nSPS) is 11.4. The maximum absolute atomic E-state index is 11.3. The van der Waals surface area contributed by atoms with Crippen LogP contribution in [0.4, 0.5) is 11.5 Å². The van der Waals surface area contributed by atoms with Gasteiger partial charge in [-0.3, -0.25) is 9.38 Å². The van der Waals surface area contributed by atoms with Gasteiger partial charge in [-0.1, -0.05) is 6.07 Å². The highest BCUT2D eigenvalue weighted by Gasteiger charge is 2.14. The number of aryl methyl sites for hydroxylation is 2. The number of carboxylic acids is 1. The second kappa shape index (κ2) is 6.31. The summed E-state index contributed by atoms with van der Waals surface area (Å²) in [5.41, 5.74) is 6.11. The Kier molecular flexibility index (Phi) is 3.74. The van der Waals surface area contributed by atoms with Crippen molar-refractivity contribution in [3.63, 3.8) is 0 Å². The topological polar surface area (TPSA) is 79.5 Å². The minimum atomic E-state index is -0.946. The van der Waals surface area contributed by atoms with Crippen molar-refractivity contribution in [3.8, 4) is 0 Å². The average Bonchev–Trinajstić information content (AvgIpc) is 3.04. The minimum Gasteiger partial charge on any atom is -0.478 e. The van der Waals surface area contributed by atoms with Crippen LogP contribution in [0.3, 0.4) is 0 Å². The molecule has 0 fully saturated rings. The molecule has 0 saturated heterocycles. The number of hydrogen-bond acceptors (Lipinski definition) is 4. The zero-order valence-electron chi connectivity index (χ0n) is 16.0. The molecule has 6 heteroatoms. The molecule has 142 valence electrons. The fourth-order valence-electron chi connectivity index (χ4n) is 3.89. The first kappa shape index (κ1) is 17.2. The number of aromatic carboxylic acids is 1. The van der Waals surface area contributed by atoms with Crippen LogP contribution in [-0.4, -0.2) is 25.4 Å². The largest absolute Gasteiger partial charge is 0.478 e. The summed E-state index contributed by atoms with van der Waals surface area (Å²) in [6, 6.07) is 15.2. The Labute approximate surface area is 166 Å². The molecule has 0 amide bonds. The number of hydrogen-bond donors (Lipinski definition) is 2. The molecule has 0 aliphatic carbocycles. The number of anilines is 2. The number of nitrogens with one attached hydrogen (secondary N) is 1. The molecule has 5 rings (SSSR count). The molecule has 0 radical (unpaired) electrons. The Morgan fingerprint density at radius 3 is 2.55 bits per heavy atom. The van der Waals surface area contributed by atoms with Crippen molar-refractivity contribution in [2.45, 2.75) is 13.8 Å². The maximum Gasteiger partial charge on any atom is 0.335 e. The summed E-state index contributed by atoms with van der Waals surface area (Å²) in [5.74, 6) is -0.208. The molecule has 3 aromatic heterocycles. The van der Waals surface area contributed by atoms with Crippen molar-refractivity contribution < 1.29 is 9.90 Å². The summed E-state index contributed by atoms with van der Waals surface area (Å²) in [6.45, 7) is 4.13. The molecule has 0 bridgehead atoms. The van der Waals surface area contributed by atoms with E-state index in [1.165, 1.54) is 11.1 Å². The van der Waals surface area contributed by atoms with E-state index < -0.39 is 5.97 Å². The van der Waals surface area contributed by atoms with Crippen molar-refractivity contribution in [3.05, 3.63) is 77.6 Å². The van der Waals surface area contributed by atoms with Gasteiger partial charge in [0.05, 0.1) is 22.8 Å². The molecule has 0 spiro atoms. The number of carbonyl (C=O) groups is 1. The third-order valence-electron chi connectivity index (χ3n) is 5.04. The number of rotatable bonds is 3. The third-order valence-corrected chi connectivity index (χ3v) is 5.04. The number of aromatic nitrogens is 3. The molecule has 2 aromatic carbocycles. The van der Waals surface area contributed by atoms with Gasteiger partial charge in [0.1, 0.15) is 11.5 Å². The molecule has 0 saturated carbocycles. The van der Waals surface area contributed by atoms with Crippen LogP contribution in [0.1, 0.15) is 21.5 Å². The molecule has 0 unspecified atom stereocenters. The van der Waals surface area contributed by atoms with Gasteiger partial charge < -0.3 is 10.4 Å². The number of benzene rings is 2. The molecular formula is C23H18N4O2. The lowest BCUT2D eigenvalue weighted by molar-refractivity contribution is 0.0697. The summed E-state index contributed by atoms with van der Waals surface area (Å²) in [6.07, 6.45) is 3.55. The van der Waals surface area contributed by atoms with Gasteiger partial charge in [0.2, 0.25) is 0 Å². The standard InChI is InChI=1S/C23H18N4O2/c1-13-7-14(2)9-17(8-13)25-22-18-5-6-24-12-20(18)27-19-4-3-15(23(28)29)10-16(19)11-21(27)26-22/h3-12H,1-2H3,(H,25,26)(H,28,29). The van der Waals surface area contributed by atoms with Crippen LogP contribution < -0.4 is 5.32 Å². The highest BCUT2D eigenvalue weighted by Crippen LogP contribution is 2.30. The molecule has 2 N–H and O–H groups in total. The quantitative estimate of drug-likeness (QED) is 0.454. The first-order valence-electron chi connectivity index (χ1n) is 9.27. The van der Waals surface area contributed by atoms with Crippen LogP contribution in [-0.2, 0) is 0 Å². The van der Waals surface area contributed by atoms with Crippen molar-refractivity contribution in [2.24, 2.45) is 0 Å². The molecule has 0 aliphatic rings. The van der Waals surface area contributed by atoms with E-state index in [0.717, 1.165) is 39.0 Å². The van der Waals surface area contributed by atoms with Crippen molar-refractivity contribution in [2.75, 3.05) is 5.32 Å². The number of pyridine rings is 1. The highest BCUT2D eigenvalue weighted by atomic mass is 16.4. The molecular weight excluding hydrogens is 364 g/mol. The first-order valence-corrected chi connectivity index (χ1v) is 9.27. The molecule has 6 nitrogen and oxygen atoms in total. The second-order valence-corrected chi connectivity index (χ2v) is 7.27. The number of fused-ring (bicyclic) bond motifs is 5. The zero-order valence-corrected chi connectivity index (χ0v) is 16.0. The molecule has 0 aliphatic heterocycles. The molecule has 3 heterocycles. The van der Waals surface area contributed by atoms with E-state index in [4.69, 9.17) is 4.98 Å². The Morgan fingerprint density at radius 2 is 1.79 bits per heavy atom. The van der Waals surface area contributed by atoms with Crippen molar-refractivity contribution in [1.29, 1.82) is 0 Å². The first-order chi connectivity index (χ1) is 14.0. The van der Waals surface area contributed by atoms with Gasteiger partial charge in [0.25, 0.3) is 0 Å². The van der Waals surface area contributed by atoms with Gasteiger partial charge in [0.15, 0.2) is 0 Å². The van der Waals surface area contributed by atoms with Crippen LogP contribution in [0.5, 0.6) is 0 Å². The van der Waals surface area contributed by atoms with Crippen LogP contribution in [0.15, 0.2) is 60.9 Å². The Balaban J connectivity index is 1.78. The SMILES string of the molecule is Cc1cc(C)cc(Nc2nc3cc4cc(C(=O)O)ccc4n3c3cnccc23)c1. The highest BCUT2D eigenvalue weighted by molar-refractivity contribution is 6.00. The van der Waals surface area contributed by atoms with Gasteiger partial charge in [-0.15, -0.1) is 0 Å². The van der Waals surface area contributed by atoms with E-state index in [0.29, 0.717) is 0 Å². The van der Waals surface area contributed by atoms with Crippen LogP contribution in [0.25, 0.3) is 27.5 Å². The Bertz CT molecular complexity index is 1420. The van der Waals surface area contributed by atoms with E-state index in [1.807, 2.05) is 22.6 Å². The number of nitrogens with zero attached hydrogens (tertiary/aromatic N) is 3. The Hall–Kier alpha value is -3.93. The van der Waals surface area contributed by atoms with Crippen molar-refractivity contribution >= 4 is 44.9 Å². The van der Waals surface area contributed by atoms with Gasteiger partial charge in [-0.05, 0) is 67.4 Å². The van der Waals surface area contributed by atoms with Crippen LogP contribution in [0, 0.1) is 13.8 Å². The van der Waals surface area contributed by atoms with E-state index in [-0.39, 0.29) is 5.56 Å². The van der Waals surface area contributed by atoms with E-state index in [9.17, 15) is 9.90 Å². The minimum absolute atomic E-state index is 0.254. The monoisotopic (exact) mass is 382 g/mol. The smallest absolute Gasteiger partial charge is 0.335 e. The molecule has 5 aromatic rings. The van der Waals surface area contributed by atoms with Crippen LogP contribution in [0.2, 0.25) is 0 Å². The zero-order chi connectivity index (χ0) is 20.1. The summed E-state index contributed by atoms with van der Waals surface area (Å²) in [4.78, 5) is 20.5. The number of carboxylic acid groups (broad SMARTS) is 1. The lowest BCUT2D eigenvalue weighted by atomic mass is 10.1. The predicted molar refractivity (Wildman–Crippen MR) is 114 cm³/mol. The lowest BCUT2D eigenvalue weighted by Gasteiger charge is -2.12. The van der Waals surface area contributed by atoms with E-state index in [1.54, 1.807) is 24.5 Å². The molecule has 0 atom stereocenters. The summed E-state index contributed by atoms with van der Waals surface area (Å²) in [7, 11) is 0. The summed E-state index contributed by atoms with van der Waals surface area (Å²) < 4.78 is 2.01. The van der Waals surface area contributed by atoms with E-state index >= 15 is 0 Å². The van der Waals surface area contributed by atoms with Crippen LogP contribution >= 0.6 is 0 Å². The second-order valence-electron chi connectivity index (χ2n) is 7.27. The third kappa shape index (κ3) is 2.86. The van der Waals surface area contributed by atoms with Gasteiger partial charge in [-0.2, -0.15) is 0 Å². The van der Waals surface area contributed by atoms with Gasteiger partial charge >= 0.3 is 5.97 Å². The fourth-order valence-corrected chi connectivity index (χ4v) is 3.89. The van der Waals surface area contributed by atoms with Gasteiger partial charge in [-0.25, -0.2) is 9.78 Å². The lowest BCUT2D eigenvalue weighted by Crippen LogP contribution is -2.00. The summed E-state index contributed by atoms with van der Waals surface area (Å²) >= 11 is 0. The van der Waals surface area contributed by atoms with E-state index in [2.05, 4.69) is 42.3 Å². The molecule has 29 heavy (non-hydrogen) atoms. The average molecular weight is 382 g/mol. The van der Waals surface area contributed by atoms with Crippen molar-refractivity contribution in [1.82, 2.24) is 14.4 Å². The fraction of sp³-hybridized carbons (Fsp3) is 0.0870. The maximum atomic E-state index is 11.3.